The highest BCUT2D eigenvalue weighted by Crippen LogP contribution is 2.09. The Balaban J connectivity index is 2.69. The summed E-state index contributed by atoms with van der Waals surface area (Å²) in [4.78, 5) is 25.4. The fourth-order valence-electron chi connectivity index (χ4n) is 1.84. The maximum absolute atomic E-state index is 12.1. The third kappa shape index (κ3) is 3.66. The van der Waals surface area contributed by atoms with Crippen molar-refractivity contribution in [3.8, 4) is 0 Å². The molecule has 1 aliphatic heterocycles. The van der Waals surface area contributed by atoms with E-state index in [1.807, 2.05) is 6.92 Å². The number of nitrogens with zero attached hydrogens (tertiary/aromatic N) is 1. The number of morpholine rings is 1. The summed E-state index contributed by atoms with van der Waals surface area (Å²) in [6.07, 6.45) is 0. The summed E-state index contributed by atoms with van der Waals surface area (Å²) in [6.45, 7) is 3.47. The summed E-state index contributed by atoms with van der Waals surface area (Å²) >= 11 is 0. The molecular weight excluding hydrogens is 238 g/mol. The van der Waals surface area contributed by atoms with E-state index >= 15 is 0 Å². The summed E-state index contributed by atoms with van der Waals surface area (Å²) in [5.41, 5.74) is 5.71. The second-order valence-electron chi connectivity index (χ2n) is 4.08. The number of ether oxygens (including phenoxy) is 2. The van der Waals surface area contributed by atoms with Crippen LogP contribution in [0.2, 0.25) is 0 Å². The van der Waals surface area contributed by atoms with Crippen molar-refractivity contribution in [3.63, 3.8) is 0 Å². The van der Waals surface area contributed by atoms with E-state index in [1.54, 1.807) is 0 Å². The highest BCUT2D eigenvalue weighted by atomic mass is 16.5. The SMILES string of the molecule is CCNC(=O)C1COCCN1C(=O)C(N)COC. The Morgan fingerprint density at radius 3 is 2.94 bits per heavy atom. The van der Waals surface area contributed by atoms with Gasteiger partial charge in [-0.1, -0.05) is 0 Å². The molecule has 7 nitrogen and oxygen atoms in total. The van der Waals surface area contributed by atoms with Crippen LogP contribution in [0.3, 0.4) is 0 Å². The highest BCUT2D eigenvalue weighted by molar-refractivity contribution is 5.90. The molecule has 0 aliphatic carbocycles. The minimum atomic E-state index is -0.745. The first-order valence-corrected chi connectivity index (χ1v) is 6.02. The lowest BCUT2D eigenvalue weighted by atomic mass is 10.1. The van der Waals surface area contributed by atoms with Crippen LogP contribution >= 0.6 is 0 Å². The predicted octanol–water partition coefficient (Wildman–Crippen LogP) is -1.68. The van der Waals surface area contributed by atoms with Crippen LogP contribution in [0.15, 0.2) is 0 Å². The number of hydrogen-bond donors (Lipinski definition) is 2. The molecule has 2 amide bonds. The van der Waals surface area contributed by atoms with E-state index in [0.717, 1.165) is 0 Å². The predicted molar refractivity (Wildman–Crippen MR) is 64.9 cm³/mol. The molecule has 0 saturated carbocycles. The van der Waals surface area contributed by atoms with Crippen molar-refractivity contribution < 1.29 is 19.1 Å². The van der Waals surface area contributed by atoms with Gasteiger partial charge >= 0.3 is 0 Å². The number of amides is 2. The Labute approximate surface area is 107 Å². The first kappa shape index (κ1) is 14.9. The van der Waals surface area contributed by atoms with Crippen LogP contribution in [0, 0.1) is 0 Å². The first-order valence-electron chi connectivity index (χ1n) is 6.02. The zero-order valence-corrected chi connectivity index (χ0v) is 10.8. The van der Waals surface area contributed by atoms with E-state index in [1.165, 1.54) is 12.0 Å². The van der Waals surface area contributed by atoms with Crippen molar-refractivity contribution in [2.75, 3.05) is 40.0 Å². The molecule has 3 N–H and O–H groups in total. The summed E-state index contributed by atoms with van der Waals surface area (Å²) < 4.78 is 10.1. The number of likely N-dealkylation sites (N-methyl/N-ethyl adjacent to an activating group) is 1. The van der Waals surface area contributed by atoms with E-state index in [0.29, 0.717) is 19.7 Å². The van der Waals surface area contributed by atoms with E-state index in [9.17, 15) is 9.59 Å². The lowest BCUT2D eigenvalue weighted by Gasteiger charge is -2.35. The molecule has 0 aromatic heterocycles. The first-order chi connectivity index (χ1) is 8.61. The van der Waals surface area contributed by atoms with Gasteiger partial charge in [-0.2, -0.15) is 0 Å². The summed E-state index contributed by atoms with van der Waals surface area (Å²) in [5.74, 6) is -0.494. The quantitative estimate of drug-likeness (QED) is 0.615. The molecule has 7 heteroatoms. The Morgan fingerprint density at radius 1 is 1.61 bits per heavy atom. The van der Waals surface area contributed by atoms with Crippen LogP contribution in [-0.2, 0) is 19.1 Å². The van der Waals surface area contributed by atoms with E-state index in [2.05, 4.69) is 5.32 Å². The molecule has 104 valence electrons. The minimum absolute atomic E-state index is 0.137. The van der Waals surface area contributed by atoms with Crippen LogP contribution in [0.4, 0.5) is 0 Å². The van der Waals surface area contributed by atoms with Crippen molar-refractivity contribution in [1.29, 1.82) is 0 Å². The lowest BCUT2D eigenvalue weighted by molar-refractivity contribution is -0.150. The number of nitrogens with two attached hydrogens (primary N) is 1. The van der Waals surface area contributed by atoms with Crippen molar-refractivity contribution >= 4 is 11.8 Å². The van der Waals surface area contributed by atoms with Gasteiger partial charge in [-0.05, 0) is 6.92 Å². The topological polar surface area (TPSA) is 93.9 Å². The molecule has 1 aliphatic rings. The van der Waals surface area contributed by atoms with Gasteiger partial charge in [-0.25, -0.2) is 0 Å². The zero-order chi connectivity index (χ0) is 13.5. The van der Waals surface area contributed by atoms with E-state index < -0.39 is 12.1 Å². The van der Waals surface area contributed by atoms with Crippen LogP contribution in [-0.4, -0.2) is 68.8 Å². The van der Waals surface area contributed by atoms with Gasteiger partial charge in [0.15, 0.2) is 0 Å². The maximum atomic E-state index is 12.1. The number of methoxy groups -OCH3 is 1. The van der Waals surface area contributed by atoms with Crippen molar-refractivity contribution in [2.45, 2.75) is 19.0 Å². The zero-order valence-electron chi connectivity index (χ0n) is 10.8. The minimum Gasteiger partial charge on any atom is -0.383 e. The summed E-state index contributed by atoms with van der Waals surface area (Å²) in [5, 5.41) is 2.69. The van der Waals surface area contributed by atoms with E-state index in [-0.39, 0.29) is 25.0 Å². The maximum Gasteiger partial charge on any atom is 0.245 e. The molecule has 1 rings (SSSR count). The average molecular weight is 259 g/mol. The number of nitrogens with one attached hydrogen (secondary N) is 1. The average Bonchev–Trinajstić information content (AvgIpc) is 2.38. The fraction of sp³-hybridized carbons (Fsp3) is 0.818. The van der Waals surface area contributed by atoms with Gasteiger partial charge in [0.05, 0.1) is 19.8 Å². The number of rotatable bonds is 5. The highest BCUT2D eigenvalue weighted by Gasteiger charge is 2.34. The molecule has 1 fully saturated rings. The molecule has 0 radical (unpaired) electrons. The Bertz CT molecular complexity index is 298. The Hall–Kier alpha value is -1.18. The number of hydrogen-bond acceptors (Lipinski definition) is 5. The molecule has 0 bridgehead atoms. The van der Waals surface area contributed by atoms with E-state index in [4.69, 9.17) is 15.2 Å². The van der Waals surface area contributed by atoms with Crippen LogP contribution in [0.25, 0.3) is 0 Å². The lowest BCUT2D eigenvalue weighted by Crippen LogP contribution is -2.59. The fourth-order valence-corrected chi connectivity index (χ4v) is 1.84. The van der Waals surface area contributed by atoms with Gasteiger partial charge in [-0.3, -0.25) is 9.59 Å². The third-order valence-corrected chi connectivity index (χ3v) is 2.73. The largest absolute Gasteiger partial charge is 0.383 e. The Kier molecular flexibility index (Phi) is 6.03. The molecule has 2 atom stereocenters. The normalized spacial score (nSPS) is 21.5. The second kappa shape index (κ2) is 7.30. The van der Waals surface area contributed by atoms with Crippen molar-refractivity contribution in [1.82, 2.24) is 10.2 Å². The molecular formula is C11H21N3O4. The van der Waals surface area contributed by atoms with Crippen LogP contribution in [0.1, 0.15) is 6.92 Å². The van der Waals surface area contributed by atoms with Gasteiger partial charge in [0, 0.05) is 20.2 Å². The smallest absolute Gasteiger partial charge is 0.245 e. The summed E-state index contributed by atoms with van der Waals surface area (Å²) in [6, 6.07) is -1.35. The molecule has 0 spiro atoms. The molecule has 0 aromatic carbocycles. The van der Waals surface area contributed by atoms with Gasteiger partial charge in [-0.15, -0.1) is 0 Å². The van der Waals surface area contributed by atoms with Crippen molar-refractivity contribution in [2.24, 2.45) is 5.73 Å². The number of carbonyl (C=O) groups is 2. The second-order valence-corrected chi connectivity index (χ2v) is 4.08. The molecule has 18 heavy (non-hydrogen) atoms. The molecule has 2 unspecified atom stereocenters. The van der Waals surface area contributed by atoms with Gasteiger partial charge < -0.3 is 25.4 Å². The third-order valence-electron chi connectivity index (χ3n) is 2.73. The van der Waals surface area contributed by atoms with Gasteiger partial charge in [0.25, 0.3) is 0 Å². The Morgan fingerprint density at radius 2 is 2.33 bits per heavy atom. The van der Waals surface area contributed by atoms with Gasteiger partial charge in [0.1, 0.15) is 12.1 Å². The standard InChI is InChI=1S/C11H21N3O4/c1-3-13-10(15)9-7-18-5-4-14(9)11(16)8(12)6-17-2/h8-9H,3-7,12H2,1-2H3,(H,13,15). The summed E-state index contributed by atoms with van der Waals surface area (Å²) in [7, 11) is 1.48. The molecule has 1 saturated heterocycles. The molecule has 0 aromatic rings. The molecule has 1 heterocycles. The van der Waals surface area contributed by atoms with Crippen LogP contribution < -0.4 is 11.1 Å². The van der Waals surface area contributed by atoms with Crippen molar-refractivity contribution in [3.05, 3.63) is 0 Å². The monoisotopic (exact) mass is 259 g/mol. The van der Waals surface area contributed by atoms with Gasteiger partial charge in [0.2, 0.25) is 11.8 Å². The number of carbonyl (C=O) groups excluding carboxylic acids is 2. The van der Waals surface area contributed by atoms with Crippen LogP contribution in [0.5, 0.6) is 0 Å².